The lowest BCUT2D eigenvalue weighted by Gasteiger charge is -2.11. The first-order valence-electron chi connectivity index (χ1n) is 8.36. The Balaban J connectivity index is 1.76. The fraction of sp³-hybridized carbons (Fsp3) is 0.150. The Labute approximate surface area is 150 Å². The summed E-state index contributed by atoms with van der Waals surface area (Å²) in [5.41, 5.74) is 5.42. The van der Waals surface area contributed by atoms with Crippen molar-refractivity contribution in [3.8, 4) is 28.3 Å². The minimum atomic E-state index is -0.0343. The van der Waals surface area contributed by atoms with Crippen molar-refractivity contribution >= 4 is 10.9 Å². The monoisotopic (exact) mass is 346 g/mol. The van der Waals surface area contributed by atoms with Crippen LogP contribution in [0.5, 0.6) is 5.75 Å². The van der Waals surface area contributed by atoms with Crippen molar-refractivity contribution in [3.05, 3.63) is 60.6 Å². The van der Waals surface area contributed by atoms with Crippen LogP contribution in [-0.4, -0.2) is 38.5 Å². The van der Waals surface area contributed by atoms with Crippen LogP contribution in [0.15, 0.2) is 54.9 Å². The van der Waals surface area contributed by atoms with E-state index in [1.54, 1.807) is 6.33 Å². The molecule has 6 heteroatoms. The third-order valence-corrected chi connectivity index (χ3v) is 4.22. The number of aliphatic hydroxyl groups excluding tert-OH is 1. The molecule has 4 rings (SSSR count). The molecule has 2 N–H and O–H groups in total. The highest BCUT2D eigenvalue weighted by molar-refractivity contribution is 5.86. The molecule has 0 fully saturated rings. The molecule has 2 aromatic heterocycles. The second kappa shape index (κ2) is 6.93. The molecule has 0 amide bonds. The smallest absolute Gasteiger partial charge is 0.128 e. The van der Waals surface area contributed by atoms with Crippen LogP contribution in [0.2, 0.25) is 0 Å². The van der Waals surface area contributed by atoms with Gasteiger partial charge < -0.3 is 9.84 Å². The zero-order valence-corrected chi connectivity index (χ0v) is 14.3. The summed E-state index contributed by atoms with van der Waals surface area (Å²) in [6.07, 6.45) is 1.56. The van der Waals surface area contributed by atoms with E-state index in [0.29, 0.717) is 5.75 Å². The number of benzene rings is 2. The van der Waals surface area contributed by atoms with Crippen molar-refractivity contribution in [2.75, 3.05) is 13.2 Å². The van der Waals surface area contributed by atoms with Gasteiger partial charge in [0, 0.05) is 22.2 Å². The predicted octanol–water partition coefficient (Wildman–Crippen LogP) is 3.37. The molecule has 0 aliphatic heterocycles. The number of rotatable bonds is 5. The van der Waals surface area contributed by atoms with Crippen LogP contribution < -0.4 is 4.74 Å². The number of nitrogens with zero attached hydrogens (tertiary/aromatic N) is 3. The number of para-hydroxylation sites is 1. The zero-order valence-electron chi connectivity index (χ0n) is 14.3. The van der Waals surface area contributed by atoms with E-state index in [9.17, 15) is 0 Å². The predicted molar refractivity (Wildman–Crippen MR) is 99.9 cm³/mol. The number of H-pyrrole nitrogens is 1. The number of aromatic amines is 1. The topological polar surface area (TPSA) is 83.9 Å². The number of aryl methyl sites for hydroxylation is 1. The van der Waals surface area contributed by atoms with E-state index in [-0.39, 0.29) is 13.2 Å². The van der Waals surface area contributed by atoms with Crippen LogP contribution in [0.3, 0.4) is 0 Å². The van der Waals surface area contributed by atoms with Gasteiger partial charge in [0.2, 0.25) is 0 Å². The van der Waals surface area contributed by atoms with Crippen LogP contribution in [0.4, 0.5) is 0 Å². The molecular formula is C20H18N4O2. The molecule has 2 heterocycles. The number of aromatic nitrogens is 4. The lowest BCUT2D eigenvalue weighted by atomic mass is 10.0. The molecule has 6 nitrogen and oxygen atoms in total. The van der Waals surface area contributed by atoms with Gasteiger partial charge in [-0.3, -0.25) is 5.10 Å². The first-order valence-corrected chi connectivity index (χ1v) is 8.36. The molecule has 0 saturated heterocycles. The Morgan fingerprint density at radius 3 is 2.77 bits per heavy atom. The van der Waals surface area contributed by atoms with Gasteiger partial charge in [-0.05, 0) is 37.3 Å². The summed E-state index contributed by atoms with van der Waals surface area (Å²) in [4.78, 5) is 8.83. The molecule has 130 valence electrons. The first-order chi connectivity index (χ1) is 12.8. The number of nitrogens with one attached hydrogen (secondary N) is 1. The molecule has 0 aliphatic carbocycles. The molecule has 0 atom stereocenters. The molecule has 0 radical (unpaired) electrons. The third-order valence-electron chi connectivity index (χ3n) is 4.22. The Morgan fingerprint density at radius 1 is 1.04 bits per heavy atom. The summed E-state index contributed by atoms with van der Waals surface area (Å²) >= 11 is 0. The average molecular weight is 346 g/mol. The van der Waals surface area contributed by atoms with Gasteiger partial charge in [0.25, 0.3) is 0 Å². The second-order valence-electron chi connectivity index (χ2n) is 5.94. The van der Waals surface area contributed by atoms with Crippen molar-refractivity contribution in [3.63, 3.8) is 0 Å². The van der Waals surface area contributed by atoms with Crippen molar-refractivity contribution in [2.24, 2.45) is 0 Å². The maximum absolute atomic E-state index is 9.01. The van der Waals surface area contributed by atoms with Crippen molar-refractivity contribution in [1.29, 1.82) is 0 Å². The minimum Gasteiger partial charge on any atom is -0.490 e. The van der Waals surface area contributed by atoms with E-state index < -0.39 is 0 Å². The molecule has 26 heavy (non-hydrogen) atoms. The molecule has 4 aromatic rings. The fourth-order valence-corrected chi connectivity index (χ4v) is 2.92. The van der Waals surface area contributed by atoms with E-state index in [4.69, 9.17) is 9.84 Å². The van der Waals surface area contributed by atoms with E-state index in [2.05, 4.69) is 26.2 Å². The molecule has 0 aliphatic rings. The second-order valence-corrected chi connectivity index (χ2v) is 5.94. The van der Waals surface area contributed by atoms with E-state index in [1.807, 2.05) is 49.4 Å². The molecule has 0 saturated carbocycles. The highest BCUT2D eigenvalue weighted by Gasteiger charge is 2.10. The molecule has 0 unspecified atom stereocenters. The van der Waals surface area contributed by atoms with E-state index in [0.717, 1.165) is 39.1 Å². The van der Waals surface area contributed by atoms with E-state index >= 15 is 0 Å². The lowest BCUT2D eigenvalue weighted by molar-refractivity contribution is 0.202. The van der Waals surface area contributed by atoms with Gasteiger partial charge in [0.15, 0.2) is 0 Å². The summed E-state index contributed by atoms with van der Waals surface area (Å²) in [5.74, 6) is 0.687. The Morgan fingerprint density at radius 2 is 1.88 bits per heavy atom. The van der Waals surface area contributed by atoms with Crippen molar-refractivity contribution < 1.29 is 9.84 Å². The standard InChI is InChI=1S/C20H18N4O2/c1-13-16-10-14(6-7-17(16)24-23-13)18-11-19(22-12-21-18)15-4-2-3-5-20(15)26-9-8-25/h2-7,10-12,25H,8-9H2,1H3,(H,23,24). The highest BCUT2D eigenvalue weighted by Crippen LogP contribution is 2.31. The van der Waals surface area contributed by atoms with Gasteiger partial charge in [-0.1, -0.05) is 18.2 Å². The SMILES string of the molecule is Cc1[nH]nc2ccc(-c3cc(-c4ccccc4OCCO)ncn3)cc12. The summed E-state index contributed by atoms with van der Waals surface area (Å²) in [5, 5.41) is 17.4. The molecular weight excluding hydrogens is 328 g/mol. The van der Waals surface area contributed by atoms with Crippen LogP contribution >= 0.6 is 0 Å². The normalized spacial score (nSPS) is 11.0. The van der Waals surface area contributed by atoms with Gasteiger partial charge in [-0.2, -0.15) is 5.10 Å². The van der Waals surface area contributed by atoms with Crippen molar-refractivity contribution in [1.82, 2.24) is 20.2 Å². The lowest BCUT2D eigenvalue weighted by Crippen LogP contribution is -2.03. The van der Waals surface area contributed by atoms with Crippen LogP contribution in [0.1, 0.15) is 5.69 Å². The van der Waals surface area contributed by atoms with Crippen molar-refractivity contribution in [2.45, 2.75) is 6.92 Å². The number of aliphatic hydroxyl groups is 1. The quantitative estimate of drug-likeness (QED) is 0.579. The highest BCUT2D eigenvalue weighted by atomic mass is 16.5. The largest absolute Gasteiger partial charge is 0.490 e. The average Bonchev–Trinajstić information content (AvgIpc) is 3.07. The third kappa shape index (κ3) is 3.02. The number of hydrogen-bond acceptors (Lipinski definition) is 5. The molecule has 2 aromatic carbocycles. The van der Waals surface area contributed by atoms with Gasteiger partial charge in [-0.25, -0.2) is 9.97 Å². The first kappa shape index (κ1) is 16.2. The number of hydrogen-bond donors (Lipinski definition) is 2. The minimum absolute atomic E-state index is 0.0343. The van der Waals surface area contributed by atoms with Gasteiger partial charge >= 0.3 is 0 Å². The van der Waals surface area contributed by atoms with Gasteiger partial charge in [-0.15, -0.1) is 0 Å². The maximum Gasteiger partial charge on any atom is 0.128 e. The summed E-state index contributed by atoms with van der Waals surface area (Å²) in [7, 11) is 0. The fourth-order valence-electron chi connectivity index (χ4n) is 2.92. The maximum atomic E-state index is 9.01. The summed E-state index contributed by atoms with van der Waals surface area (Å²) in [6.45, 7) is 2.21. The van der Waals surface area contributed by atoms with Crippen LogP contribution in [0, 0.1) is 6.92 Å². The van der Waals surface area contributed by atoms with E-state index in [1.165, 1.54) is 0 Å². The Hall–Kier alpha value is -3.25. The summed E-state index contributed by atoms with van der Waals surface area (Å²) in [6, 6.07) is 15.6. The summed E-state index contributed by atoms with van der Waals surface area (Å²) < 4.78 is 5.63. The number of ether oxygens (including phenoxy) is 1. The zero-order chi connectivity index (χ0) is 17.9. The Bertz CT molecular complexity index is 1060. The van der Waals surface area contributed by atoms with Crippen LogP contribution in [0.25, 0.3) is 33.4 Å². The van der Waals surface area contributed by atoms with Gasteiger partial charge in [0.1, 0.15) is 18.7 Å². The Kier molecular flexibility index (Phi) is 4.33. The van der Waals surface area contributed by atoms with Gasteiger partial charge in [0.05, 0.1) is 23.5 Å². The van der Waals surface area contributed by atoms with Crippen LogP contribution in [-0.2, 0) is 0 Å². The molecule has 0 spiro atoms. The molecule has 0 bridgehead atoms. The number of fused-ring (bicyclic) bond motifs is 1.